The Bertz CT molecular complexity index is 1340. The van der Waals surface area contributed by atoms with Gasteiger partial charge in [0.25, 0.3) is 0 Å². The Morgan fingerprint density at radius 1 is 0.968 bits per heavy atom. The SMILES string of the molecule is CS(=O)(=O)c1ccc(-c2nnc(-c3cccnc3NCc3ccc(F)c(F)c3)[nH]2)cc1. The summed E-state index contributed by atoms with van der Waals surface area (Å²) in [5.74, 6) is -0.417. The quantitative estimate of drug-likeness (QED) is 0.472. The van der Waals surface area contributed by atoms with Crippen molar-refractivity contribution < 1.29 is 17.2 Å². The molecule has 158 valence electrons. The van der Waals surface area contributed by atoms with E-state index in [9.17, 15) is 17.2 Å². The summed E-state index contributed by atoms with van der Waals surface area (Å²) >= 11 is 0. The number of halogens is 2. The summed E-state index contributed by atoms with van der Waals surface area (Å²) < 4.78 is 49.8. The number of rotatable bonds is 6. The summed E-state index contributed by atoms with van der Waals surface area (Å²) in [5.41, 5.74) is 1.86. The van der Waals surface area contributed by atoms with Gasteiger partial charge in [0.05, 0.1) is 10.5 Å². The summed E-state index contributed by atoms with van der Waals surface area (Å²) in [7, 11) is -3.29. The lowest BCUT2D eigenvalue weighted by Crippen LogP contribution is -2.04. The molecule has 7 nitrogen and oxygen atoms in total. The zero-order valence-electron chi connectivity index (χ0n) is 16.3. The van der Waals surface area contributed by atoms with Crippen LogP contribution < -0.4 is 5.32 Å². The Balaban J connectivity index is 1.57. The molecular weight excluding hydrogens is 424 g/mol. The van der Waals surface area contributed by atoms with E-state index < -0.39 is 21.5 Å². The zero-order valence-corrected chi connectivity index (χ0v) is 17.1. The van der Waals surface area contributed by atoms with E-state index in [1.54, 1.807) is 30.5 Å². The minimum Gasteiger partial charge on any atom is -0.365 e. The van der Waals surface area contributed by atoms with Crippen LogP contribution in [0, 0.1) is 11.6 Å². The van der Waals surface area contributed by atoms with Crippen LogP contribution in [0.25, 0.3) is 22.8 Å². The van der Waals surface area contributed by atoms with E-state index in [-0.39, 0.29) is 11.4 Å². The molecular formula is C21H17F2N5O2S. The third-order valence-corrected chi connectivity index (χ3v) is 5.68. The Kier molecular flexibility index (Phi) is 5.47. The highest BCUT2D eigenvalue weighted by molar-refractivity contribution is 7.90. The van der Waals surface area contributed by atoms with E-state index in [1.165, 1.54) is 18.2 Å². The lowest BCUT2D eigenvalue weighted by Gasteiger charge is -2.09. The molecule has 0 amide bonds. The largest absolute Gasteiger partial charge is 0.365 e. The zero-order chi connectivity index (χ0) is 22.0. The van der Waals surface area contributed by atoms with Crippen molar-refractivity contribution >= 4 is 15.7 Å². The molecule has 2 aromatic carbocycles. The first-order chi connectivity index (χ1) is 14.8. The normalized spacial score (nSPS) is 11.5. The van der Waals surface area contributed by atoms with Gasteiger partial charge in [-0.05, 0) is 54.1 Å². The van der Waals surface area contributed by atoms with Gasteiger partial charge >= 0.3 is 0 Å². The maximum atomic E-state index is 13.4. The molecule has 0 unspecified atom stereocenters. The van der Waals surface area contributed by atoms with E-state index in [4.69, 9.17) is 0 Å². The number of H-pyrrole nitrogens is 1. The summed E-state index contributed by atoms with van der Waals surface area (Å²) in [4.78, 5) is 7.61. The molecule has 4 aromatic rings. The second-order valence-electron chi connectivity index (χ2n) is 6.82. The van der Waals surface area contributed by atoms with Crippen molar-refractivity contribution in [1.82, 2.24) is 20.2 Å². The van der Waals surface area contributed by atoms with Gasteiger partial charge in [0.2, 0.25) is 0 Å². The van der Waals surface area contributed by atoms with Gasteiger partial charge in [-0.15, -0.1) is 10.2 Å². The van der Waals surface area contributed by atoms with Crippen LogP contribution in [0.4, 0.5) is 14.6 Å². The Hall–Kier alpha value is -3.66. The van der Waals surface area contributed by atoms with Crippen LogP contribution in [0.15, 0.2) is 65.7 Å². The first-order valence-electron chi connectivity index (χ1n) is 9.17. The summed E-state index contributed by atoms with van der Waals surface area (Å²) in [5, 5.41) is 11.4. The van der Waals surface area contributed by atoms with Crippen LogP contribution in [0.2, 0.25) is 0 Å². The molecule has 0 radical (unpaired) electrons. The number of anilines is 1. The number of hydrogen-bond acceptors (Lipinski definition) is 6. The molecule has 31 heavy (non-hydrogen) atoms. The number of nitrogens with one attached hydrogen (secondary N) is 2. The van der Waals surface area contributed by atoms with Crippen LogP contribution in [0.3, 0.4) is 0 Å². The highest BCUT2D eigenvalue weighted by Gasteiger charge is 2.13. The van der Waals surface area contributed by atoms with Crippen LogP contribution in [0.1, 0.15) is 5.56 Å². The van der Waals surface area contributed by atoms with Crippen molar-refractivity contribution in [2.45, 2.75) is 11.4 Å². The van der Waals surface area contributed by atoms with Crippen LogP contribution in [-0.2, 0) is 16.4 Å². The molecule has 2 N–H and O–H groups in total. The standard InChI is InChI=1S/C21H17F2N5O2S/c1-31(29,30)15-7-5-14(6-8-15)19-26-21(28-27-19)16-3-2-10-24-20(16)25-12-13-4-9-17(22)18(23)11-13/h2-11H,12H2,1H3,(H,24,25)(H,26,27,28). The minimum atomic E-state index is -3.29. The van der Waals surface area contributed by atoms with Gasteiger partial charge < -0.3 is 10.3 Å². The average molecular weight is 441 g/mol. The summed E-state index contributed by atoms with van der Waals surface area (Å²) in [6.45, 7) is 0.231. The first kappa shape index (κ1) is 20.6. The summed E-state index contributed by atoms with van der Waals surface area (Å²) in [6.07, 6.45) is 2.74. The third-order valence-electron chi connectivity index (χ3n) is 4.55. The van der Waals surface area contributed by atoms with Crippen molar-refractivity contribution in [3.63, 3.8) is 0 Å². The number of aromatic amines is 1. The Labute approximate surface area is 177 Å². The second-order valence-corrected chi connectivity index (χ2v) is 8.84. The highest BCUT2D eigenvalue weighted by Crippen LogP contribution is 2.26. The molecule has 0 saturated heterocycles. The van der Waals surface area contributed by atoms with Crippen molar-refractivity contribution in [3.8, 4) is 22.8 Å². The van der Waals surface area contributed by atoms with Crippen molar-refractivity contribution in [2.75, 3.05) is 11.6 Å². The monoisotopic (exact) mass is 441 g/mol. The van der Waals surface area contributed by atoms with Crippen molar-refractivity contribution in [2.24, 2.45) is 0 Å². The van der Waals surface area contributed by atoms with Gasteiger partial charge in [-0.2, -0.15) is 0 Å². The number of aromatic nitrogens is 4. The molecule has 0 aliphatic carbocycles. The van der Waals surface area contributed by atoms with E-state index in [2.05, 4.69) is 25.5 Å². The van der Waals surface area contributed by atoms with Crippen LogP contribution in [0.5, 0.6) is 0 Å². The fourth-order valence-corrected chi connectivity index (χ4v) is 3.58. The number of sulfone groups is 1. The highest BCUT2D eigenvalue weighted by atomic mass is 32.2. The topological polar surface area (TPSA) is 101 Å². The minimum absolute atomic E-state index is 0.215. The van der Waals surface area contributed by atoms with E-state index in [1.807, 2.05) is 0 Å². The predicted octanol–water partition coefficient (Wildman–Crippen LogP) is 3.83. The fourth-order valence-electron chi connectivity index (χ4n) is 2.95. The summed E-state index contributed by atoms with van der Waals surface area (Å²) in [6, 6.07) is 13.5. The van der Waals surface area contributed by atoms with E-state index >= 15 is 0 Å². The molecule has 0 aliphatic rings. The second kappa shape index (κ2) is 8.23. The maximum Gasteiger partial charge on any atom is 0.175 e. The van der Waals surface area contributed by atoms with Gasteiger partial charge in [0.15, 0.2) is 33.1 Å². The average Bonchev–Trinajstić information content (AvgIpc) is 3.24. The molecule has 0 saturated carbocycles. The van der Waals surface area contributed by atoms with E-state index in [0.29, 0.717) is 34.2 Å². The third kappa shape index (κ3) is 4.58. The van der Waals surface area contributed by atoms with Crippen molar-refractivity contribution in [1.29, 1.82) is 0 Å². The number of pyridine rings is 1. The Morgan fingerprint density at radius 3 is 2.42 bits per heavy atom. The Morgan fingerprint density at radius 2 is 1.71 bits per heavy atom. The lowest BCUT2D eigenvalue weighted by molar-refractivity contribution is 0.507. The molecule has 10 heteroatoms. The molecule has 0 bridgehead atoms. The number of benzene rings is 2. The molecule has 4 rings (SSSR count). The van der Waals surface area contributed by atoms with Gasteiger partial charge in [0.1, 0.15) is 5.82 Å². The first-order valence-corrected chi connectivity index (χ1v) is 11.1. The number of nitrogens with zero attached hydrogens (tertiary/aromatic N) is 3. The predicted molar refractivity (Wildman–Crippen MR) is 112 cm³/mol. The van der Waals surface area contributed by atoms with Gasteiger partial charge in [-0.1, -0.05) is 6.07 Å². The van der Waals surface area contributed by atoms with Crippen LogP contribution in [-0.4, -0.2) is 34.8 Å². The van der Waals surface area contributed by atoms with Gasteiger partial charge in [-0.25, -0.2) is 22.2 Å². The fraction of sp³-hybridized carbons (Fsp3) is 0.0952. The van der Waals surface area contributed by atoms with E-state index in [0.717, 1.165) is 18.4 Å². The maximum absolute atomic E-state index is 13.4. The molecule has 2 heterocycles. The molecule has 0 fully saturated rings. The smallest absolute Gasteiger partial charge is 0.175 e. The van der Waals surface area contributed by atoms with Gasteiger partial charge in [-0.3, -0.25) is 0 Å². The van der Waals surface area contributed by atoms with Crippen LogP contribution >= 0.6 is 0 Å². The van der Waals surface area contributed by atoms with Crippen molar-refractivity contribution in [3.05, 3.63) is 78.0 Å². The molecule has 2 aromatic heterocycles. The number of hydrogen-bond donors (Lipinski definition) is 2. The lowest BCUT2D eigenvalue weighted by atomic mass is 10.2. The molecule has 0 spiro atoms. The molecule has 0 atom stereocenters. The van der Waals surface area contributed by atoms with Gasteiger partial charge in [0, 0.05) is 24.6 Å². The molecule has 0 aliphatic heterocycles.